The van der Waals surface area contributed by atoms with Gasteiger partial charge < -0.3 is 20.4 Å². The number of benzene rings is 2. The van der Waals surface area contributed by atoms with Gasteiger partial charge in [-0.05, 0) is 63.8 Å². The number of halogens is 2. The van der Waals surface area contributed by atoms with Crippen LogP contribution in [0.15, 0.2) is 36.7 Å². The topological polar surface area (TPSA) is 34.7 Å². The SMILES string of the molecule is C[N-]C.C[N-]C.Cc1cc(C)c(N2[C]N(c3c(C)cc(C)cc3C)C=C2)c(C)c1.[Cl][Ti][Cl]. The van der Waals surface area contributed by atoms with Gasteiger partial charge in [0.1, 0.15) is 0 Å². The molecule has 0 aliphatic carbocycles. The first-order valence-electron chi connectivity index (χ1n) is 10.2. The van der Waals surface area contributed by atoms with Gasteiger partial charge in [0.2, 0.25) is 6.67 Å². The quantitative estimate of drug-likeness (QED) is 0.384. The fourth-order valence-electron chi connectivity index (χ4n) is 3.67. The molecule has 0 N–H and O–H groups in total. The second kappa shape index (κ2) is 16.6. The maximum atomic E-state index is 4.89. The molecule has 2 radical (unpaired) electrons. The summed E-state index contributed by atoms with van der Waals surface area (Å²) < 4.78 is 0. The van der Waals surface area contributed by atoms with Crippen molar-refractivity contribution < 1.29 is 17.0 Å². The van der Waals surface area contributed by atoms with Crippen LogP contribution in [-0.4, -0.2) is 28.2 Å². The molecule has 1 heterocycles. The zero-order chi connectivity index (χ0) is 24.8. The van der Waals surface area contributed by atoms with Crippen molar-refractivity contribution >= 4 is 30.0 Å². The molecule has 1 aliphatic rings. The van der Waals surface area contributed by atoms with E-state index in [-0.39, 0.29) is 0 Å². The van der Waals surface area contributed by atoms with E-state index in [0.29, 0.717) is 0 Å². The number of hydrogen-bond acceptors (Lipinski definition) is 2. The van der Waals surface area contributed by atoms with Gasteiger partial charge in [-0.1, -0.05) is 35.4 Å². The number of hydrogen-bond donors (Lipinski definition) is 0. The van der Waals surface area contributed by atoms with E-state index in [4.69, 9.17) is 18.6 Å². The fraction of sp³-hybridized carbons (Fsp3) is 0.400. The minimum atomic E-state index is -0.556. The molecule has 7 heteroatoms. The first kappa shape index (κ1) is 31.0. The van der Waals surface area contributed by atoms with E-state index in [0.717, 1.165) is 0 Å². The second-order valence-electron chi connectivity index (χ2n) is 7.60. The van der Waals surface area contributed by atoms with Crippen LogP contribution in [-0.2, 0) is 17.0 Å². The van der Waals surface area contributed by atoms with Crippen molar-refractivity contribution in [2.24, 2.45) is 0 Å². The average Bonchev–Trinajstić information content (AvgIpc) is 3.11. The summed E-state index contributed by atoms with van der Waals surface area (Å²) in [4.78, 5) is 4.20. The van der Waals surface area contributed by atoms with Crippen molar-refractivity contribution in [1.29, 1.82) is 0 Å². The van der Waals surface area contributed by atoms with Gasteiger partial charge in [0, 0.05) is 23.8 Å². The van der Waals surface area contributed by atoms with Crippen LogP contribution in [0, 0.1) is 48.2 Å². The van der Waals surface area contributed by atoms with Crippen molar-refractivity contribution in [2.45, 2.75) is 41.5 Å². The van der Waals surface area contributed by atoms with Crippen molar-refractivity contribution in [2.75, 3.05) is 38.0 Å². The Labute approximate surface area is 213 Å². The van der Waals surface area contributed by atoms with Gasteiger partial charge in [-0.15, -0.1) is 0 Å². The molecule has 0 saturated carbocycles. The van der Waals surface area contributed by atoms with Crippen LogP contribution in [0.25, 0.3) is 10.6 Å². The molecule has 1 aliphatic heterocycles. The molecule has 4 nitrogen and oxygen atoms in total. The molecule has 0 amide bonds. The Morgan fingerprint density at radius 1 is 0.625 bits per heavy atom. The molecule has 0 aromatic heterocycles. The first-order chi connectivity index (χ1) is 15.1. The zero-order valence-electron chi connectivity index (χ0n) is 21.0. The Bertz CT molecular complexity index is 740. The molecular formula is C25H36Cl2N4Ti-2. The molecular weight excluding hydrogens is 475 g/mol. The van der Waals surface area contributed by atoms with Crippen LogP contribution in [0.4, 0.5) is 11.4 Å². The summed E-state index contributed by atoms with van der Waals surface area (Å²) in [6, 6.07) is 8.90. The monoisotopic (exact) mass is 510 g/mol. The van der Waals surface area contributed by atoms with E-state index in [1.54, 1.807) is 28.2 Å². The van der Waals surface area contributed by atoms with Gasteiger partial charge in [0.15, 0.2) is 0 Å². The molecule has 32 heavy (non-hydrogen) atoms. The number of anilines is 2. The van der Waals surface area contributed by atoms with Crippen molar-refractivity contribution in [3.63, 3.8) is 0 Å². The summed E-state index contributed by atoms with van der Waals surface area (Å²) in [6.45, 7) is 16.4. The van der Waals surface area contributed by atoms with E-state index >= 15 is 0 Å². The molecule has 3 rings (SSSR count). The third kappa shape index (κ3) is 9.86. The Balaban J connectivity index is 0.000000925. The van der Waals surface area contributed by atoms with Gasteiger partial charge >= 0.3 is 35.6 Å². The minimum absolute atomic E-state index is 0.556. The average molecular weight is 511 g/mol. The van der Waals surface area contributed by atoms with Crippen molar-refractivity contribution in [3.05, 3.63) is 87.3 Å². The van der Waals surface area contributed by atoms with Gasteiger partial charge in [0.05, 0.1) is 0 Å². The summed E-state index contributed by atoms with van der Waals surface area (Å²) in [7, 11) is 16.8. The number of rotatable bonds is 2. The van der Waals surface area contributed by atoms with E-state index in [1.807, 2.05) is 0 Å². The number of nitrogens with zero attached hydrogens (tertiary/aromatic N) is 4. The van der Waals surface area contributed by atoms with Gasteiger partial charge in [-0.2, -0.15) is 28.2 Å². The van der Waals surface area contributed by atoms with Gasteiger partial charge in [0.25, 0.3) is 0 Å². The Morgan fingerprint density at radius 2 is 0.844 bits per heavy atom. The molecule has 0 bridgehead atoms. The summed E-state index contributed by atoms with van der Waals surface area (Å²) in [6.07, 6.45) is 4.17. The summed E-state index contributed by atoms with van der Waals surface area (Å²) in [5, 5.41) is 7.00. The van der Waals surface area contributed by atoms with Gasteiger partial charge in [-0.25, -0.2) is 0 Å². The molecule has 0 spiro atoms. The van der Waals surface area contributed by atoms with E-state index in [2.05, 4.69) is 105 Å². The standard InChI is InChI=1S/C21H24N2.2C2H6N.2ClH.Ti/c1-14-9-16(3)20(17(4)10-14)22-7-8-23(13-22)21-18(5)11-15(2)12-19(21)6;2*1-3-2;;;/h7-12H,1-6H3;2*1-2H3;2*1H;/q;2*-1;;;+2/p-2. The first-order valence-corrected chi connectivity index (χ1v) is 14.5. The Morgan fingerprint density at radius 3 is 1.06 bits per heavy atom. The van der Waals surface area contributed by atoms with Crippen molar-refractivity contribution in [3.8, 4) is 0 Å². The molecule has 0 atom stereocenters. The van der Waals surface area contributed by atoms with E-state index in [9.17, 15) is 0 Å². The van der Waals surface area contributed by atoms with E-state index < -0.39 is 17.0 Å². The van der Waals surface area contributed by atoms with E-state index in [1.165, 1.54) is 44.8 Å². The predicted octanol–water partition coefficient (Wildman–Crippen LogP) is 7.95. The fourth-order valence-corrected chi connectivity index (χ4v) is 3.67. The Kier molecular flexibility index (Phi) is 16.1. The summed E-state index contributed by atoms with van der Waals surface area (Å²) >= 11 is -0.556. The molecule has 0 fully saturated rings. The van der Waals surface area contributed by atoms with Crippen LogP contribution in [0.2, 0.25) is 0 Å². The van der Waals surface area contributed by atoms with Crippen LogP contribution < -0.4 is 9.80 Å². The third-order valence-corrected chi connectivity index (χ3v) is 4.33. The van der Waals surface area contributed by atoms with Crippen LogP contribution in [0.5, 0.6) is 0 Å². The van der Waals surface area contributed by atoms with Crippen LogP contribution in [0.3, 0.4) is 0 Å². The predicted molar refractivity (Wildman–Crippen MR) is 141 cm³/mol. The molecule has 2 aromatic rings. The molecule has 176 valence electrons. The third-order valence-electron chi connectivity index (χ3n) is 4.33. The molecule has 0 saturated heterocycles. The maximum absolute atomic E-state index is 4.89. The van der Waals surface area contributed by atoms with Crippen LogP contribution in [0.1, 0.15) is 33.4 Å². The number of aryl methyl sites for hydroxylation is 6. The summed E-state index contributed by atoms with van der Waals surface area (Å²) in [5.41, 5.74) is 10.1. The van der Waals surface area contributed by atoms with Gasteiger partial charge in [-0.3, -0.25) is 0 Å². The normalized spacial score (nSPS) is 11.6. The zero-order valence-corrected chi connectivity index (χ0v) is 24.1. The van der Waals surface area contributed by atoms with Crippen molar-refractivity contribution in [1.82, 2.24) is 0 Å². The second-order valence-corrected chi connectivity index (χ2v) is 10.2. The Hall–Kier alpha value is -1.01. The molecule has 0 unspecified atom stereocenters. The molecule has 2 aromatic carbocycles. The van der Waals surface area contributed by atoms with Crippen LogP contribution >= 0.6 is 18.6 Å². The summed E-state index contributed by atoms with van der Waals surface area (Å²) in [5.74, 6) is 0.